The topological polar surface area (TPSA) is 75.3 Å². The van der Waals surface area contributed by atoms with Crippen LogP contribution in [0.1, 0.15) is 32.6 Å². The zero-order valence-electron chi connectivity index (χ0n) is 11.8. The number of amides is 1. The average Bonchev–Trinajstić information content (AvgIpc) is 2.91. The fourth-order valence-electron chi connectivity index (χ4n) is 2.36. The SMILES string of the molecule is C[C@H](NS(=O)(=O)c1ccc(Cl)cc1)C(=O)NC1CCCC1. The van der Waals surface area contributed by atoms with Crippen molar-refractivity contribution in [2.75, 3.05) is 0 Å². The van der Waals surface area contributed by atoms with E-state index in [-0.39, 0.29) is 16.8 Å². The van der Waals surface area contributed by atoms with E-state index in [1.54, 1.807) is 0 Å². The van der Waals surface area contributed by atoms with Crippen LogP contribution < -0.4 is 10.0 Å². The molecule has 0 aromatic heterocycles. The van der Waals surface area contributed by atoms with E-state index in [4.69, 9.17) is 11.6 Å². The van der Waals surface area contributed by atoms with Gasteiger partial charge < -0.3 is 5.32 Å². The first-order valence-corrected chi connectivity index (χ1v) is 8.83. The highest BCUT2D eigenvalue weighted by Gasteiger charge is 2.24. The van der Waals surface area contributed by atoms with Gasteiger partial charge in [-0.1, -0.05) is 24.4 Å². The highest BCUT2D eigenvalue weighted by Crippen LogP contribution is 2.18. The summed E-state index contributed by atoms with van der Waals surface area (Å²) in [6.45, 7) is 1.54. The molecule has 1 aromatic carbocycles. The molecule has 1 amide bonds. The van der Waals surface area contributed by atoms with Crippen molar-refractivity contribution in [3.63, 3.8) is 0 Å². The Bertz CT molecular complexity index is 595. The van der Waals surface area contributed by atoms with E-state index in [9.17, 15) is 13.2 Å². The van der Waals surface area contributed by atoms with Crippen LogP contribution in [0.4, 0.5) is 0 Å². The van der Waals surface area contributed by atoms with Gasteiger partial charge >= 0.3 is 0 Å². The Hall–Kier alpha value is -1.11. The molecule has 116 valence electrons. The van der Waals surface area contributed by atoms with E-state index in [2.05, 4.69) is 10.0 Å². The number of halogens is 1. The van der Waals surface area contributed by atoms with Gasteiger partial charge in [-0.3, -0.25) is 4.79 Å². The molecule has 0 aliphatic heterocycles. The molecule has 5 nitrogen and oxygen atoms in total. The van der Waals surface area contributed by atoms with Gasteiger partial charge in [0, 0.05) is 11.1 Å². The molecule has 21 heavy (non-hydrogen) atoms. The van der Waals surface area contributed by atoms with Gasteiger partial charge in [0.15, 0.2) is 0 Å². The first-order chi connectivity index (χ1) is 9.88. The van der Waals surface area contributed by atoms with Crippen LogP contribution in [0.15, 0.2) is 29.2 Å². The second kappa shape index (κ2) is 6.77. The summed E-state index contributed by atoms with van der Waals surface area (Å²) >= 11 is 5.73. The normalized spacial score (nSPS) is 17.6. The number of benzene rings is 1. The van der Waals surface area contributed by atoms with Crippen molar-refractivity contribution in [3.8, 4) is 0 Å². The summed E-state index contributed by atoms with van der Waals surface area (Å²) in [5.74, 6) is -0.292. The summed E-state index contributed by atoms with van der Waals surface area (Å²) < 4.78 is 26.7. The molecule has 2 N–H and O–H groups in total. The maximum absolute atomic E-state index is 12.2. The van der Waals surface area contributed by atoms with Gasteiger partial charge in [-0.25, -0.2) is 8.42 Å². The van der Waals surface area contributed by atoms with Gasteiger partial charge in [0.25, 0.3) is 0 Å². The van der Waals surface area contributed by atoms with Crippen LogP contribution in [0.3, 0.4) is 0 Å². The van der Waals surface area contributed by atoms with E-state index in [1.807, 2.05) is 0 Å². The lowest BCUT2D eigenvalue weighted by Crippen LogP contribution is -2.47. The van der Waals surface area contributed by atoms with Crippen molar-refractivity contribution >= 4 is 27.5 Å². The minimum atomic E-state index is -3.72. The fourth-order valence-corrected chi connectivity index (χ4v) is 3.69. The first kappa shape index (κ1) is 16.3. The van der Waals surface area contributed by atoms with E-state index >= 15 is 0 Å². The third-order valence-corrected chi connectivity index (χ3v) is 5.36. The molecule has 1 aliphatic rings. The Morgan fingerprint density at radius 3 is 2.38 bits per heavy atom. The van der Waals surface area contributed by atoms with Crippen LogP contribution >= 0.6 is 11.6 Å². The summed E-state index contributed by atoms with van der Waals surface area (Å²) in [7, 11) is -3.72. The third kappa shape index (κ3) is 4.43. The molecule has 0 spiro atoms. The molecule has 0 heterocycles. The predicted molar refractivity (Wildman–Crippen MR) is 81.6 cm³/mol. The number of nitrogens with one attached hydrogen (secondary N) is 2. The molecule has 0 unspecified atom stereocenters. The lowest BCUT2D eigenvalue weighted by molar-refractivity contribution is -0.123. The van der Waals surface area contributed by atoms with Gasteiger partial charge in [0.1, 0.15) is 0 Å². The van der Waals surface area contributed by atoms with Crippen molar-refractivity contribution in [1.29, 1.82) is 0 Å². The van der Waals surface area contributed by atoms with Crippen molar-refractivity contribution in [1.82, 2.24) is 10.0 Å². The van der Waals surface area contributed by atoms with Gasteiger partial charge in [0.05, 0.1) is 10.9 Å². The summed E-state index contributed by atoms with van der Waals surface area (Å²) in [5.41, 5.74) is 0. The summed E-state index contributed by atoms with van der Waals surface area (Å²) in [6, 6.07) is 5.17. The van der Waals surface area contributed by atoms with E-state index in [1.165, 1.54) is 31.2 Å². The molecule has 1 fully saturated rings. The van der Waals surface area contributed by atoms with Gasteiger partial charge in [-0.05, 0) is 44.0 Å². The van der Waals surface area contributed by atoms with Gasteiger partial charge in [0.2, 0.25) is 15.9 Å². The Kier molecular flexibility index (Phi) is 5.24. The monoisotopic (exact) mass is 330 g/mol. The molecule has 1 saturated carbocycles. The van der Waals surface area contributed by atoms with Crippen molar-refractivity contribution in [2.45, 2.75) is 49.6 Å². The first-order valence-electron chi connectivity index (χ1n) is 6.97. The largest absolute Gasteiger partial charge is 0.352 e. The van der Waals surface area contributed by atoms with Crippen molar-refractivity contribution in [3.05, 3.63) is 29.3 Å². The van der Waals surface area contributed by atoms with E-state index < -0.39 is 16.1 Å². The Morgan fingerprint density at radius 2 is 1.81 bits per heavy atom. The summed E-state index contributed by atoms with van der Waals surface area (Å²) in [4.78, 5) is 12.1. The third-order valence-electron chi connectivity index (χ3n) is 3.55. The van der Waals surface area contributed by atoms with Crippen molar-refractivity contribution in [2.24, 2.45) is 0 Å². The predicted octanol–water partition coefficient (Wildman–Crippen LogP) is 2.07. The molecule has 1 aliphatic carbocycles. The van der Waals surface area contributed by atoms with Crippen molar-refractivity contribution < 1.29 is 13.2 Å². The molecule has 7 heteroatoms. The second-order valence-corrected chi connectivity index (χ2v) is 7.44. The van der Waals surface area contributed by atoms with Gasteiger partial charge in [-0.15, -0.1) is 0 Å². The van der Waals surface area contributed by atoms with E-state index in [0.29, 0.717) is 5.02 Å². The minimum Gasteiger partial charge on any atom is -0.352 e. The molecular formula is C14H19ClN2O3S. The highest BCUT2D eigenvalue weighted by atomic mass is 35.5. The number of hydrogen-bond acceptors (Lipinski definition) is 3. The number of hydrogen-bond donors (Lipinski definition) is 2. The Labute approximate surface area is 130 Å². The molecule has 1 atom stereocenters. The minimum absolute atomic E-state index is 0.0902. The van der Waals surface area contributed by atoms with Crippen LogP contribution in [-0.2, 0) is 14.8 Å². The molecule has 2 rings (SSSR count). The molecule has 1 aromatic rings. The second-order valence-electron chi connectivity index (χ2n) is 5.29. The van der Waals surface area contributed by atoms with Crippen LogP contribution in [0.25, 0.3) is 0 Å². The van der Waals surface area contributed by atoms with Crippen LogP contribution in [0.2, 0.25) is 5.02 Å². The molecule has 0 radical (unpaired) electrons. The zero-order chi connectivity index (χ0) is 15.5. The number of carbonyl (C=O) groups excluding carboxylic acids is 1. The lowest BCUT2D eigenvalue weighted by Gasteiger charge is -2.17. The maximum atomic E-state index is 12.2. The number of rotatable bonds is 5. The fraction of sp³-hybridized carbons (Fsp3) is 0.500. The Balaban J connectivity index is 1.98. The summed E-state index contributed by atoms with van der Waals surface area (Å²) in [6.07, 6.45) is 4.14. The average molecular weight is 331 g/mol. The van der Waals surface area contributed by atoms with Crippen LogP contribution in [0.5, 0.6) is 0 Å². The van der Waals surface area contributed by atoms with Crippen LogP contribution in [-0.4, -0.2) is 26.4 Å². The molecule has 0 bridgehead atoms. The summed E-state index contributed by atoms with van der Waals surface area (Å²) in [5, 5.41) is 3.33. The molecular weight excluding hydrogens is 312 g/mol. The molecule has 0 saturated heterocycles. The zero-order valence-corrected chi connectivity index (χ0v) is 13.4. The lowest BCUT2D eigenvalue weighted by atomic mass is 10.2. The van der Waals surface area contributed by atoms with Crippen LogP contribution in [0, 0.1) is 0 Å². The van der Waals surface area contributed by atoms with E-state index in [0.717, 1.165) is 25.7 Å². The van der Waals surface area contributed by atoms with Gasteiger partial charge in [-0.2, -0.15) is 4.72 Å². The standard InChI is InChI=1S/C14H19ClN2O3S/c1-10(14(18)16-12-4-2-3-5-12)17-21(19,20)13-8-6-11(15)7-9-13/h6-10,12,17H,2-5H2,1H3,(H,16,18)/t10-/m0/s1. The quantitative estimate of drug-likeness (QED) is 0.867. The smallest absolute Gasteiger partial charge is 0.241 e. The highest BCUT2D eigenvalue weighted by molar-refractivity contribution is 7.89. The number of sulfonamides is 1. The number of carbonyl (C=O) groups is 1. The maximum Gasteiger partial charge on any atom is 0.241 e. The Morgan fingerprint density at radius 1 is 1.24 bits per heavy atom.